The largest absolute Gasteiger partial charge is 0.496 e. The molecule has 1 unspecified atom stereocenters. The fraction of sp³-hybridized carbons (Fsp3) is 0.647. The molecule has 2 rings (SSSR count). The Balaban J connectivity index is 2.21. The standard InChI is InChI=1S/C17H26ClNO/c1-4-19-16(17(2)9-5-6-10-17)12-13-11-14(18)7-8-15(13)20-3/h7-8,11,16,19H,4-6,9-10,12H2,1-3H3. The van der Waals surface area contributed by atoms with Crippen molar-refractivity contribution in [2.75, 3.05) is 13.7 Å². The Kier molecular flexibility index (Phi) is 5.34. The lowest BCUT2D eigenvalue weighted by Gasteiger charge is -2.35. The van der Waals surface area contributed by atoms with Crippen molar-refractivity contribution in [1.82, 2.24) is 5.32 Å². The van der Waals surface area contributed by atoms with E-state index in [9.17, 15) is 0 Å². The van der Waals surface area contributed by atoms with Gasteiger partial charge in [-0.3, -0.25) is 0 Å². The first kappa shape index (κ1) is 15.7. The second kappa shape index (κ2) is 6.82. The summed E-state index contributed by atoms with van der Waals surface area (Å²) in [5.41, 5.74) is 1.60. The lowest BCUT2D eigenvalue weighted by molar-refractivity contribution is 0.220. The van der Waals surface area contributed by atoms with Gasteiger partial charge in [0, 0.05) is 11.1 Å². The minimum atomic E-state index is 0.392. The van der Waals surface area contributed by atoms with E-state index in [0.29, 0.717) is 11.5 Å². The molecule has 0 saturated heterocycles. The first-order chi connectivity index (χ1) is 9.59. The van der Waals surface area contributed by atoms with Gasteiger partial charge in [0.2, 0.25) is 0 Å². The Labute approximate surface area is 127 Å². The summed E-state index contributed by atoms with van der Waals surface area (Å²) in [6.07, 6.45) is 6.31. The van der Waals surface area contributed by atoms with Crippen LogP contribution in [-0.4, -0.2) is 19.7 Å². The molecular weight excluding hydrogens is 270 g/mol. The van der Waals surface area contributed by atoms with Gasteiger partial charge in [-0.05, 0) is 55.0 Å². The zero-order chi connectivity index (χ0) is 14.6. The van der Waals surface area contributed by atoms with Gasteiger partial charge in [-0.1, -0.05) is 38.3 Å². The lowest BCUT2D eigenvalue weighted by Crippen LogP contribution is -2.43. The predicted octanol–water partition coefficient (Wildman–Crippen LogP) is 4.45. The lowest BCUT2D eigenvalue weighted by atomic mass is 9.77. The topological polar surface area (TPSA) is 21.3 Å². The van der Waals surface area contributed by atoms with Gasteiger partial charge in [0.05, 0.1) is 7.11 Å². The molecule has 2 nitrogen and oxygen atoms in total. The summed E-state index contributed by atoms with van der Waals surface area (Å²) in [5, 5.41) is 4.47. The van der Waals surface area contributed by atoms with E-state index in [1.807, 2.05) is 18.2 Å². The first-order valence-corrected chi connectivity index (χ1v) is 8.02. The highest BCUT2D eigenvalue weighted by atomic mass is 35.5. The molecule has 0 amide bonds. The van der Waals surface area contributed by atoms with Crippen molar-refractivity contribution in [3.05, 3.63) is 28.8 Å². The maximum absolute atomic E-state index is 6.15. The third-order valence-corrected chi connectivity index (χ3v) is 4.94. The van der Waals surface area contributed by atoms with E-state index in [2.05, 4.69) is 19.2 Å². The zero-order valence-corrected chi connectivity index (χ0v) is 13.6. The second-order valence-corrected chi connectivity index (χ2v) is 6.57. The third-order valence-electron chi connectivity index (χ3n) is 4.70. The second-order valence-electron chi connectivity index (χ2n) is 6.13. The summed E-state index contributed by atoms with van der Waals surface area (Å²) < 4.78 is 5.49. The molecule has 0 radical (unpaired) electrons. The van der Waals surface area contributed by atoms with E-state index in [1.165, 1.54) is 31.2 Å². The summed E-state index contributed by atoms with van der Waals surface area (Å²) in [7, 11) is 1.73. The minimum Gasteiger partial charge on any atom is -0.496 e. The maximum atomic E-state index is 6.15. The molecule has 20 heavy (non-hydrogen) atoms. The molecule has 112 valence electrons. The molecule has 1 aromatic rings. The van der Waals surface area contributed by atoms with Crippen molar-refractivity contribution < 1.29 is 4.74 Å². The Hall–Kier alpha value is -0.730. The zero-order valence-electron chi connectivity index (χ0n) is 12.8. The third kappa shape index (κ3) is 3.48. The quantitative estimate of drug-likeness (QED) is 0.837. The SMILES string of the molecule is CCNC(Cc1cc(Cl)ccc1OC)C1(C)CCCC1. The Morgan fingerprint density at radius 1 is 1.35 bits per heavy atom. The monoisotopic (exact) mass is 295 g/mol. The molecule has 1 aliphatic rings. The Morgan fingerprint density at radius 3 is 2.65 bits per heavy atom. The molecule has 0 heterocycles. The number of benzene rings is 1. The normalized spacial score (nSPS) is 19.0. The van der Waals surface area contributed by atoms with Gasteiger partial charge in [0.15, 0.2) is 0 Å². The molecule has 1 aromatic carbocycles. The first-order valence-electron chi connectivity index (χ1n) is 7.65. The average Bonchev–Trinajstić information content (AvgIpc) is 2.87. The molecule has 1 aliphatic carbocycles. The number of halogens is 1. The van der Waals surface area contributed by atoms with Crippen LogP contribution in [0.3, 0.4) is 0 Å². The van der Waals surface area contributed by atoms with Crippen molar-refractivity contribution in [2.45, 2.75) is 52.0 Å². The number of hydrogen-bond donors (Lipinski definition) is 1. The minimum absolute atomic E-state index is 0.392. The molecule has 1 atom stereocenters. The molecule has 1 N–H and O–H groups in total. The molecular formula is C17H26ClNO. The van der Waals surface area contributed by atoms with E-state index >= 15 is 0 Å². The summed E-state index contributed by atoms with van der Waals surface area (Å²) in [5.74, 6) is 0.943. The Morgan fingerprint density at radius 2 is 2.05 bits per heavy atom. The number of methoxy groups -OCH3 is 1. The molecule has 0 bridgehead atoms. The summed E-state index contributed by atoms with van der Waals surface area (Å²) in [6, 6.07) is 6.40. The summed E-state index contributed by atoms with van der Waals surface area (Å²) in [4.78, 5) is 0. The van der Waals surface area contributed by atoms with E-state index < -0.39 is 0 Å². The van der Waals surface area contributed by atoms with E-state index in [4.69, 9.17) is 16.3 Å². The number of ether oxygens (including phenoxy) is 1. The van der Waals surface area contributed by atoms with Gasteiger partial charge < -0.3 is 10.1 Å². The van der Waals surface area contributed by atoms with Crippen LogP contribution in [0.15, 0.2) is 18.2 Å². The predicted molar refractivity (Wildman–Crippen MR) is 85.7 cm³/mol. The van der Waals surface area contributed by atoms with Crippen LogP contribution in [0.2, 0.25) is 5.02 Å². The molecule has 0 spiro atoms. The van der Waals surface area contributed by atoms with Crippen molar-refractivity contribution in [3.8, 4) is 5.75 Å². The number of nitrogens with one attached hydrogen (secondary N) is 1. The van der Waals surface area contributed by atoms with Gasteiger partial charge in [-0.15, -0.1) is 0 Å². The van der Waals surface area contributed by atoms with Crippen LogP contribution in [0.1, 0.15) is 45.1 Å². The number of hydrogen-bond acceptors (Lipinski definition) is 2. The molecule has 1 saturated carbocycles. The van der Waals surface area contributed by atoms with Gasteiger partial charge in [0.1, 0.15) is 5.75 Å². The highest BCUT2D eigenvalue weighted by Gasteiger charge is 2.36. The van der Waals surface area contributed by atoms with Crippen LogP contribution in [0.25, 0.3) is 0 Å². The van der Waals surface area contributed by atoms with Crippen LogP contribution < -0.4 is 10.1 Å². The number of rotatable bonds is 6. The summed E-state index contributed by atoms with van der Waals surface area (Å²) >= 11 is 6.15. The van der Waals surface area contributed by atoms with Crippen LogP contribution in [0, 0.1) is 5.41 Å². The van der Waals surface area contributed by atoms with Crippen LogP contribution in [0.4, 0.5) is 0 Å². The van der Waals surface area contributed by atoms with Crippen LogP contribution in [-0.2, 0) is 6.42 Å². The number of likely N-dealkylation sites (N-methyl/N-ethyl adjacent to an activating group) is 1. The van der Waals surface area contributed by atoms with Crippen molar-refractivity contribution in [3.63, 3.8) is 0 Å². The van der Waals surface area contributed by atoms with Crippen molar-refractivity contribution >= 4 is 11.6 Å². The fourth-order valence-corrected chi connectivity index (χ4v) is 3.66. The fourth-order valence-electron chi connectivity index (χ4n) is 3.47. The van der Waals surface area contributed by atoms with Crippen molar-refractivity contribution in [2.24, 2.45) is 5.41 Å². The molecule has 0 aliphatic heterocycles. The smallest absolute Gasteiger partial charge is 0.122 e. The van der Waals surface area contributed by atoms with Gasteiger partial charge in [-0.25, -0.2) is 0 Å². The van der Waals surface area contributed by atoms with Crippen molar-refractivity contribution in [1.29, 1.82) is 0 Å². The highest BCUT2D eigenvalue weighted by molar-refractivity contribution is 6.30. The summed E-state index contributed by atoms with van der Waals surface area (Å²) in [6.45, 7) is 5.61. The maximum Gasteiger partial charge on any atom is 0.122 e. The Bertz CT molecular complexity index is 441. The van der Waals surface area contributed by atoms with E-state index in [1.54, 1.807) is 7.11 Å². The van der Waals surface area contributed by atoms with E-state index in [-0.39, 0.29) is 0 Å². The molecule has 0 aromatic heterocycles. The average molecular weight is 296 g/mol. The highest BCUT2D eigenvalue weighted by Crippen LogP contribution is 2.42. The molecule has 1 fully saturated rings. The van der Waals surface area contributed by atoms with E-state index in [0.717, 1.165) is 23.7 Å². The van der Waals surface area contributed by atoms with Gasteiger partial charge in [-0.2, -0.15) is 0 Å². The molecule has 3 heteroatoms. The van der Waals surface area contributed by atoms with Gasteiger partial charge in [0.25, 0.3) is 0 Å². The van der Waals surface area contributed by atoms with Gasteiger partial charge >= 0.3 is 0 Å². The van der Waals surface area contributed by atoms with Crippen LogP contribution in [0.5, 0.6) is 5.75 Å². The van der Waals surface area contributed by atoms with Crippen LogP contribution >= 0.6 is 11.6 Å².